The number of hydrogen-bond acceptors (Lipinski definition) is 4. The van der Waals surface area contributed by atoms with Crippen molar-refractivity contribution in [3.05, 3.63) is 93.3 Å². The minimum atomic E-state index is -0.550. The Morgan fingerprint density at radius 2 is 1.97 bits per heavy atom. The van der Waals surface area contributed by atoms with Crippen molar-refractivity contribution in [1.82, 2.24) is 14.8 Å². The molecule has 3 heterocycles. The number of amides is 2. The minimum absolute atomic E-state index is 0.216. The van der Waals surface area contributed by atoms with Crippen LogP contribution in [0.4, 0.5) is 0 Å². The van der Waals surface area contributed by atoms with Crippen LogP contribution in [0.15, 0.2) is 70.2 Å². The molecule has 1 unspecified atom stereocenters. The van der Waals surface area contributed by atoms with Gasteiger partial charge < -0.3 is 19.2 Å². The van der Waals surface area contributed by atoms with Crippen LogP contribution in [-0.4, -0.2) is 33.9 Å². The molecular weight excluding hydrogens is 418 g/mol. The molecule has 0 spiro atoms. The van der Waals surface area contributed by atoms with Crippen LogP contribution in [0, 0.1) is 0 Å². The quantitative estimate of drug-likeness (QED) is 0.639. The van der Waals surface area contributed by atoms with Gasteiger partial charge in [-0.2, -0.15) is 0 Å². The first-order chi connectivity index (χ1) is 15.0. The largest absolute Gasteiger partial charge is 0.467 e. The number of carbonyl (C=O) groups is 2. The van der Waals surface area contributed by atoms with Crippen molar-refractivity contribution in [2.45, 2.75) is 32.0 Å². The van der Waals surface area contributed by atoms with E-state index in [-0.39, 0.29) is 30.5 Å². The topological polar surface area (TPSA) is 84.6 Å². The molecular formula is C23H22ClN3O4. The molecule has 1 atom stereocenters. The maximum Gasteiger partial charge on any atom is 0.256 e. The second-order valence-corrected chi connectivity index (χ2v) is 7.84. The average Bonchev–Trinajstić information content (AvgIpc) is 3.47. The van der Waals surface area contributed by atoms with E-state index < -0.39 is 6.04 Å². The summed E-state index contributed by atoms with van der Waals surface area (Å²) < 4.78 is 6.69. The van der Waals surface area contributed by atoms with Crippen molar-refractivity contribution in [3.63, 3.8) is 0 Å². The zero-order valence-electron chi connectivity index (χ0n) is 16.8. The minimum Gasteiger partial charge on any atom is -0.467 e. The third-order valence-electron chi connectivity index (χ3n) is 5.36. The number of rotatable bonds is 6. The molecule has 8 heteroatoms. The number of halogens is 1. The molecule has 4 rings (SSSR count). The smallest absolute Gasteiger partial charge is 0.256 e. The second-order valence-electron chi connectivity index (χ2n) is 7.43. The number of likely N-dealkylation sites (tertiary alicyclic amines) is 1. The molecule has 0 saturated carbocycles. The SMILES string of the molecule is O=C(NCc1ccco1)C1CCCN1C(=O)c1ccc(=O)n(Cc2ccccc2Cl)c1. The van der Waals surface area contributed by atoms with Gasteiger partial charge >= 0.3 is 0 Å². The predicted molar refractivity (Wildman–Crippen MR) is 116 cm³/mol. The number of furan rings is 1. The van der Waals surface area contributed by atoms with E-state index in [0.717, 1.165) is 12.0 Å². The van der Waals surface area contributed by atoms with Gasteiger partial charge in [0.05, 0.1) is 24.9 Å². The number of hydrogen-bond donors (Lipinski definition) is 1. The van der Waals surface area contributed by atoms with Gasteiger partial charge in [-0.05, 0) is 42.7 Å². The first-order valence-electron chi connectivity index (χ1n) is 10.1. The first kappa shape index (κ1) is 20.9. The summed E-state index contributed by atoms with van der Waals surface area (Å²) in [5.41, 5.74) is 0.912. The van der Waals surface area contributed by atoms with Crippen LogP contribution >= 0.6 is 11.6 Å². The van der Waals surface area contributed by atoms with Gasteiger partial charge in [0.15, 0.2) is 0 Å². The lowest BCUT2D eigenvalue weighted by Gasteiger charge is -2.24. The highest BCUT2D eigenvalue weighted by atomic mass is 35.5. The molecule has 0 bridgehead atoms. The standard InChI is InChI=1S/C23H22ClN3O4/c24-19-7-2-1-5-16(19)14-26-15-17(9-10-21(26)28)23(30)27-11-3-8-20(27)22(29)25-13-18-6-4-12-31-18/h1-2,4-7,9-10,12,15,20H,3,8,11,13-14H2,(H,25,29). The van der Waals surface area contributed by atoms with Gasteiger partial charge in [0.1, 0.15) is 11.8 Å². The number of carbonyl (C=O) groups excluding carboxylic acids is 2. The van der Waals surface area contributed by atoms with Gasteiger partial charge in [0.25, 0.3) is 11.5 Å². The van der Waals surface area contributed by atoms with E-state index in [1.54, 1.807) is 29.4 Å². The molecule has 1 aliphatic rings. The fourth-order valence-corrected chi connectivity index (χ4v) is 3.94. The van der Waals surface area contributed by atoms with Crippen LogP contribution in [-0.2, 0) is 17.9 Å². The van der Waals surface area contributed by atoms with Crippen molar-refractivity contribution in [2.24, 2.45) is 0 Å². The number of benzene rings is 1. The van der Waals surface area contributed by atoms with Crippen molar-refractivity contribution in [2.75, 3.05) is 6.54 Å². The molecule has 3 aromatic rings. The summed E-state index contributed by atoms with van der Waals surface area (Å²) in [4.78, 5) is 39.7. The Balaban J connectivity index is 1.49. The maximum atomic E-state index is 13.2. The fraction of sp³-hybridized carbons (Fsp3) is 0.261. The van der Waals surface area contributed by atoms with Crippen molar-refractivity contribution < 1.29 is 14.0 Å². The number of aromatic nitrogens is 1. The Labute approximate surface area is 184 Å². The van der Waals surface area contributed by atoms with Crippen molar-refractivity contribution in [3.8, 4) is 0 Å². The van der Waals surface area contributed by atoms with Gasteiger partial charge in [0, 0.05) is 23.8 Å². The normalized spacial score (nSPS) is 15.8. The second kappa shape index (κ2) is 9.22. The molecule has 2 aromatic heterocycles. The monoisotopic (exact) mass is 439 g/mol. The highest BCUT2D eigenvalue weighted by molar-refractivity contribution is 6.31. The lowest BCUT2D eigenvalue weighted by Crippen LogP contribution is -2.45. The Kier molecular flexibility index (Phi) is 6.23. The summed E-state index contributed by atoms with van der Waals surface area (Å²) in [5, 5.41) is 3.38. The van der Waals surface area contributed by atoms with E-state index >= 15 is 0 Å². The van der Waals surface area contributed by atoms with E-state index in [9.17, 15) is 14.4 Å². The zero-order valence-corrected chi connectivity index (χ0v) is 17.5. The van der Waals surface area contributed by atoms with Gasteiger partial charge in [-0.1, -0.05) is 29.8 Å². The Morgan fingerprint density at radius 1 is 1.13 bits per heavy atom. The molecule has 1 aliphatic heterocycles. The van der Waals surface area contributed by atoms with Crippen molar-refractivity contribution >= 4 is 23.4 Å². The van der Waals surface area contributed by atoms with Crippen LogP contribution in [0.2, 0.25) is 5.02 Å². The van der Waals surface area contributed by atoms with E-state index in [2.05, 4.69) is 5.32 Å². The highest BCUT2D eigenvalue weighted by Crippen LogP contribution is 2.21. The third-order valence-corrected chi connectivity index (χ3v) is 5.73. The first-order valence-corrected chi connectivity index (χ1v) is 10.5. The predicted octanol–water partition coefficient (Wildman–Crippen LogP) is 3.06. The molecule has 2 amide bonds. The molecule has 0 aliphatic carbocycles. The summed E-state index contributed by atoms with van der Waals surface area (Å²) in [6, 6.07) is 13.1. The molecule has 31 heavy (non-hydrogen) atoms. The molecule has 1 saturated heterocycles. The van der Waals surface area contributed by atoms with Gasteiger partial charge in [0.2, 0.25) is 5.91 Å². The molecule has 1 fully saturated rings. The van der Waals surface area contributed by atoms with Crippen molar-refractivity contribution in [1.29, 1.82) is 0 Å². The maximum absolute atomic E-state index is 13.2. The molecule has 1 N–H and O–H groups in total. The summed E-state index contributed by atoms with van der Waals surface area (Å²) in [6.45, 7) is 1.01. The lowest BCUT2D eigenvalue weighted by molar-refractivity contribution is -0.125. The van der Waals surface area contributed by atoms with Gasteiger partial charge in [-0.3, -0.25) is 14.4 Å². The highest BCUT2D eigenvalue weighted by Gasteiger charge is 2.34. The molecule has 160 valence electrons. The lowest BCUT2D eigenvalue weighted by atomic mass is 10.1. The van der Waals surface area contributed by atoms with E-state index in [1.807, 2.05) is 18.2 Å². The van der Waals surface area contributed by atoms with Gasteiger partial charge in [-0.25, -0.2) is 0 Å². The molecule has 7 nitrogen and oxygen atoms in total. The van der Waals surface area contributed by atoms with Crippen LogP contribution in [0.5, 0.6) is 0 Å². The summed E-state index contributed by atoms with van der Waals surface area (Å²) >= 11 is 6.21. The number of pyridine rings is 1. The average molecular weight is 440 g/mol. The summed E-state index contributed by atoms with van der Waals surface area (Å²) in [6.07, 6.45) is 4.41. The van der Waals surface area contributed by atoms with Crippen LogP contribution in [0.1, 0.15) is 34.5 Å². The van der Waals surface area contributed by atoms with Crippen LogP contribution < -0.4 is 10.9 Å². The number of nitrogens with zero attached hydrogens (tertiary/aromatic N) is 2. The number of nitrogens with one attached hydrogen (secondary N) is 1. The Morgan fingerprint density at radius 3 is 2.74 bits per heavy atom. The van der Waals surface area contributed by atoms with Crippen LogP contribution in [0.25, 0.3) is 0 Å². The van der Waals surface area contributed by atoms with Gasteiger partial charge in [-0.15, -0.1) is 0 Å². The van der Waals surface area contributed by atoms with E-state index in [0.29, 0.717) is 29.3 Å². The zero-order chi connectivity index (χ0) is 21.8. The molecule has 0 radical (unpaired) electrons. The summed E-state index contributed by atoms with van der Waals surface area (Å²) in [5.74, 6) is 0.158. The van der Waals surface area contributed by atoms with E-state index in [1.165, 1.54) is 22.9 Å². The third kappa shape index (κ3) is 4.72. The summed E-state index contributed by atoms with van der Waals surface area (Å²) in [7, 11) is 0. The fourth-order valence-electron chi connectivity index (χ4n) is 3.74. The Bertz CT molecular complexity index is 1140. The van der Waals surface area contributed by atoms with E-state index in [4.69, 9.17) is 16.0 Å². The van der Waals surface area contributed by atoms with Crippen LogP contribution in [0.3, 0.4) is 0 Å². The molecule has 1 aromatic carbocycles. The Hall–Kier alpha value is -3.32.